The van der Waals surface area contributed by atoms with Gasteiger partial charge in [-0.1, -0.05) is 20.8 Å². The molecule has 2 fully saturated rings. The molecule has 0 aliphatic carbocycles. The van der Waals surface area contributed by atoms with Crippen LogP contribution in [0, 0.1) is 0 Å². The maximum atomic E-state index is 12.0. The zero-order chi connectivity index (χ0) is 17.8. The quantitative estimate of drug-likeness (QED) is 0.463. The van der Waals surface area contributed by atoms with Crippen molar-refractivity contribution in [1.29, 1.82) is 0 Å². The molecule has 132 valence electrons. The van der Waals surface area contributed by atoms with Crippen molar-refractivity contribution in [2.24, 2.45) is 0 Å². The number of hydrogen-bond acceptors (Lipinski definition) is 5. The maximum Gasteiger partial charge on any atom is 0.192 e. The molecule has 0 aromatic heterocycles. The van der Waals surface area contributed by atoms with Gasteiger partial charge in [-0.25, -0.2) is 0 Å². The second-order valence-corrected chi connectivity index (χ2v) is 16.8. The van der Waals surface area contributed by atoms with Crippen LogP contribution in [0.15, 0.2) is 0 Å². The smallest absolute Gasteiger partial charge is 0.192 e. The molecule has 2 rings (SSSR count). The van der Waals surface area contributed by atoms with Crippen LogP contribution in [0.25, 0.3) is 0 Å². The second-order valence-electron chi connectivity index (χ2n) is 8.71. The lowest BCUT2D eigenvalue weighted by atomic mass is 9.94. The molecule has 2 aliphatic rings. The molecule has 2 heterocycles. The summed E-state index contributed by atoms with van der Waals surface area (Å²) < 4.78 is 29.5. The van der Waals surface area contributed by atoms with E-state index in [-0.39, 0.29) is 17.0 Å². The van der Waals surface area contributed by atoms with Crippen LogP contribution in [0.3, 0.4) is 0 Å². The molecule has 2 aliphatic heterocycles. The minimum absolute atomic E-state index is 0.0885. The van der Waals surface area contributed by atoms with E-state index in [0.29, 0.717) is 6.42 Å². The molecule has 0 aromatic carbocycles. The lowest BCUT2D eigenvalue weighted by molar-refractivity contribution is -0.0270. The fraction of sp³-hybridized carbons (Fsp3) is 1.00. The summed E-state index contributed by atoms with van der Waals surface area (Å²) in [6.07, 6.45) is -1.34. The molecule has 8 heteroatoms. The topological polar surface area (TPSA) is 68.3 Å². The van der Waals surface area contributed by atoms with Gasteiger partial charge >= 0.3 is 0 Å². The van der Waals surface area contributed by atoms with Crippen molar-refractivity contribution in [1.82, 2.24) is 0 Å². The zero-order valence-electron chi connectivity index (χ0n) is 15.3. The number of hydrogen-bond donors (Lipinski definition) is 1. The maximum absolute atomic E-state index is 12.0. The predicted octanol–water partition coefficient (Wildman–Crippen LogP) is 2.37. The van der Waals surface area contributed by atoms with Crippen LogP contribution >= 0.6 is 7.14 Å². The fourth-order valence-corrected chi connectivity index (χ4v) is 5.33. The molecule has 23 heavy (non-hydrogen) atoms. The Morgan fingerprint density at radius 2 is 1.87 bits per heavy atom. The third-order valence-corrected chi connectivity index (χ3v) is 11.4. The molecular weight excluding hydrogens is 330 g/mol. The van der Waals surface area contributed by atoms with Crippen molar-refractivity contribution in [3.63, 3.8) is 0 Å². The van der Waals surface area contributed by atoms with Gasteiger partial charge in [0.1, 0.15) is 33.0 Å². The summed E-state index contributed by atoms with van der Waals surface area (Å²) in [5.74, 6) is -0.363. The first-order valence-electron chi connectivity index (χ1n) is 8.21. The van der Waals surface area contributed by atoms with Crippen molar-refractivity contribution >= 4 is 23.3 Å². The minimum atomic E-state index is -2.36. The average molecular weight is 360 g/mol. The van der Waals surface area contributed by atoms with Gasteiger partial charge < -0.3 is 23.6 Å². The van der Waals surface area contributed by atoms with Crippen LogP contribution in [-0.4, -0.2) is 70.9 Å². The van der Waals surface area contributed by atoms with Crippen molar-refractivity contribution in [2.75, 3.05) is 13.3 Å². The average Bonchev–Trinajstić information content (AvgIpc) is 3.08. The largest absolute Gasteiger partial charge is 0.412 e. The Kier molecular flexibility index (Phi) is 5.35. The highest BCUT2D eigenvalue weighted by Crippen LogP contribution is 2.55. The second kappa shape index (κ2) is 6.26. The lowest BCUT2D eigenvalue weighted by Crippen LogP contribution is -2.46. The summed E-state index contributed by atoms with van der Waals surface area (Å²) >= 11 is 0. The molecule has 5 nitrogen and oxygen atoms in total. The summed E-state index contributed by atoms with van der Waals surface area (Å²) in [6, 6.07) is -0.545. The molecule has 0 aromatic rings. The van der Waals surface area contributed by atoms with E-state index in [1.54, 1.807) is 13.3 Å². The van der Waals surface area contributed by atoms with Gasteiger partial charge in [-0.2, -0.15) is 0 Å². The molecule has 2 saturated heterocycles. The van der Waals surface area contributed by atoms with Gasteiger partial charge in [0.2, 0.25) is 0 Å². The molecule has 2 radical (unpaired) electrons. The molecular formula is C15H30BO5PSi. The summed E-state index contributed by atoms with van der Waals surface area (Å²) in [7, 11) is 1.76. The zero-order valence-corrected chi connectivity index (χ0v) is 17.2. The van der Waals surface area contributed by atoms with E-state index >= 15 is 0 Å². The number of epoxide rings is 1. The van der Waals surface area contributed by atoms with Gasteiger partial charge in [-0.05, 0) is 31.5 Å². The summed E-state index contributed by atoms with van der Waals surface area (Å²) in [5, 5.41) is 10.5. The highest BCUT2D eigenvalue weighted by atomic mass is 31.2. The normalized spacial score (nSPS) is 37.0. The monoisotopic (exact) mass is 360 g/mol. The van der Waals surface area contributed by atoms with Crippen LogP contribution in [0.1, 0.15) is 27.2 Å². The van der Waals surface area contributed by atoms with Crippen molar-refractivity contribution in [3.05, 3.63) is 0 Å². The Balaban J connectivity index is 1.96. The van der Waals surface area contributed by atoms with E-state index < -0.39 is 39.8 Å². The SMILES string of the molecule is [B][C@@H]1O[C@H](C(O)C2OC2P(C)(C)=O)C[C@@H]1O[Si](C)(C)C(C)(C)C. The molecule has 1 N–H and O–H groups in total. The third kappa shape index (κ3) is 4.31. The molecule has 0 spiro atoms. The number of rotatable bonds is 5. The van der Waals surface area contributed by atoms with Gasteiger partial charge in [0, 0.05) is 12.4 Å². The highest BCUT2D eigenvalue weighted by molar-refractivity contribution is 7.63. The Bertz CT molecular complexity index is 489. The summed E-state index contributed by atoms with van der Waals surface area (Å²) in [6.45, 7) is 14.2. The van der Waals surface area contributed by atoms with Crippen LogP contribution < -0.4 is 0 Å². The third-order valence-electron chi connectivity index (χ3n) is 5.25. The number of aliphatic hydroxyl groups is 1. The van der Waals surface area contributed by atoms with Crippen LogP contribution in [0.4, 0.5) is 0 Å². The van der Waals surface area contributed by atoms with E-state index in [1.165, 1.54) is 0 Å². The highest BCUT2D eigenvalue weighted by Gasteiger charge is 2.55. The fourth-order valence-electron chi connectivity index (χ4n) is 2.68. The number of aliphatic hydroxyl groups excluding tert-OH is 1. The lowest BCUT2D eigenvalue weighted by Gasteiger charge is -2.39. The van der Waals surface area contributed by atoms with E-state index in [1.807, 2.05) is 0 Å². The first-order valence-corrected chi connectivity index (χ1v) is 13.8. The first-order chi connectivity index (χ1) is 10.2. The minimum Gasteiger partial charge on any atom is -0.412 e. The Morgan fingerprint density at radius 3 is 2.30 bits per heavy atom. The molecule has 0 amide bonds. The van der Waals surface area contributed by atoms with E-state index in [2.05, 4.69) is 33.9 Å². The Labute approximate surface area is 142 Å². The standard InChI is InChI=1S/C15H30BO5PSi/c1-15(2,3)23(6,7)21-10-8-9(19-13(10)16)11(17)12-14(20-12)22(4,5)18/h9-14,17H,8H2,1-7H3/t9-,10-,11?,12?,13+,14?/m0/s1. The molecule has 0 bridgehead atoms. The predicted molar refractivity (Wildman–Crippen MR) is 95.2 cm³/mol. The number of ether oxygens (including phenoxy) is 2. The molecule has 6 atom stereocenters. The molecule has 3 unspecified atom stereocenters. The van der Waals surface area contributed by atoms with Gasteiger partial charge in [-0.3, -0.25) is 0 Å². The van der Waals surface area contributed by atoms with Crippen molar-refractivity contribution in [3.8, 4) is 0 Å². The van der Waals surface area contributed by atoms with Gasteiger partial charge in [0.15, 0.2) is 8.32 Å². The van der Waals surface area contributed by atoms with Crippen molar-refractivity contribution in [2.45, 2.75) is 81.6 Å². The van der Waals surface area contributed by atoms with Gasteiger partial charge in [-0.15, -0.1) is 0 Å². The van der Waals surface area contributed by atoms with Gasteiger partial charge in [0.05, 0.1) is 12.2 Å². The van der Waals surface area contributed by atoms with E-state index in [9.17, 15) is 9.67 Å². The Morgan fingerprint density at radius 1 is 1.30 bits per heavy atom. The summed E-state index contributed by atoms with van der Waals surface area (Å²) in [5.41, 5.74) is 0. The van der Waals surface area contributed by atoms with Crippen LogP contribution in [0.5, 0.6) is 0 Å². The van der Waals surface area contributed by atoms with Crippen molar-refractivity contribution < 1.29 is 23.6 Å². The first kappa shape index (κ1) is 19.7. The van der Waals surface area contributed by atoms with E-state index in [4.69, 9.17) is 21.7 Å². The summed E-state index contributed by atoms with van der Waals surface area (Å²) in [4.78, 5) is 0. The van der Waals surface area contributed by atoms with E-state index in [0.717, 1.165) is 0 Å². The molecule has 0 saturated carbocycles. The van der Waals surface area contributed by atoms with Crippen LogP contribution in [0.2, 0.25) is 18.1 Å². The Hall–Kier alpha value is 0.352. The van der Waals surface area contributed by atoms with Gasteiger partial charge in [0.25, 0.3) is 0 Å². The van der Waals surface area contributed by atoms with Crippen LogP contribution in [-0.2, 0) is 18.5 Å².